The minimum absolute atomic E-state index is 0.0408. The minimum Gasteiger partial charge on any atom is -0.351 e. The lowest BCUT2D eigenvalue weighted by molar-refractivity contribution is 0.0943. The van der Waals surface area contributed by atoms with Gasteiger partial charge in [0.05, 0.1) is 0 Å². The summed E-state index contributed by atoms with van der Waals surface area (Å²) in [5.41, 5.74) is 4.36. The van der Waals surface area contributed by atoms with E-state index in [0.717, 1.165) is 18.7 Å². The average Bonchev–Trinajstić information content (AvgIpc) is 3.24. The first-order chi connectivity index (χ1) is 9.62. The van der Waals surface area contributed by atoms with Gasteiger partial charge in [-0.2, -0.15) is 0 Å². The van der Waals surface area contributed by atoms with E-state index in [1.165, 1.54) is 25.7 Å². The van der Waals surface area contributed by atoms with Crippen LogP contribution in [0.2, 0.25) is 0 Å². The van der Waals surface area contributed by atoms with Crippen molar-refractivity contribution in [2.75, 3.05) is 12.0 Å². The van der Waals surface area contributed by atoms with Crippen molar-refractivity contribution in [3.05, 3.63) is 23.4 Å². The smallest absolute Gasteiger partial charge is 0.251 e. The summed E-state index contributed by atoms with van der Waals surface area (Å²) in [6.45, 7) is 4.97. The molecule has 1 saturated carbocycles. The Bertz CT molecular complexity index is 461. The Hall–Kier alpha value is -1.62. The number of rotatable bonds is 7. The van der Waals surface area contributed by atoms with Crippen molar-refractivity contribution >= 4 is 11.7 Å². The number of nitrogens with two attached hydrogens (primary N) is 1. The van der Waals surface area contributed by atoms with Crippen molar-refractivity contribution < 1.29 is 4.79 Å². The zero-order valence-electron chi connectivity index (χ0n) is 12.3. The topological polar surface area (TPSA) is 80.0 Å². The maximum absolute atomic E-state index is 12.3. The molecule has 0 bridgehead atoms. The molecule has 4 N–H and O–H groups in total. The largest absolute Gasteiger partial charge is 0.351 e. The molecule has 5 nitrogen and oxygen atoms in total. The van der Waals surface area contributed by atoms with Gasteiger partial charge in [0.2, 0.25) is 0 Å². The number of aromatic nitrogens is 1. The average molecular weight is 276 g/mol. The molecule has 1 amide bonds. The third-order valence-electron chi connectivity index (χ3n) is 4.01. The summed E-state index contributed by atoms with van der Waals surface area (Å²) in [6, 6.07) is 3.52. The zero-order chi connectivity index (χ0) is 14.6. The van der Waals surface area contributed by atoms with Crippen LogP contribution in [0.4, 0.5) is 5.82 Å². The number of nitrogens with zero attached hydrogens (tertiary/aromatic N) is 1. The fourth-order valence-electron chi connectivity index (χ4n) is 2.57. The summed E-state index contributed by atoms with van der Waals surface area (Å²) >= 11 is 0. The van der Waals surface area contributed by atoms with Crippen LogP contribution in [0, 0.1) is 5.41 Å². The Kier molecular flexibility index (Phi) is 4.60. The van der Waals surface area contributed by atoms with Gasteiger partial charge in [-0.1, -0.05) is 20.3 Å². The van der Waals surface area contributed by atoms with Gasteiger partial charge < -0.3 is 10.7 Å². The molecule has 1 aromatic rings. The number of pyridine rings is 1. The van der Waals surface area contributed by atoms with Crippen LogP contribution in [0.1, 0.15) is 55.6 Å². The van der Waals surface area contributed by atoms with Gasteiger partial charge >= 0.3 is 0 Å². The van der Waals surface area contributed by atoms with E-state index in [1.807, 2.05) is 13.0 Å². The first kappa shape index (κ1) is 14.8. The van der Waals surface area contributed by atoms with Crippen molar-refractivity contribution in [3.63, 3.8) is 0 Å². The lowest BCUT2D eigenvalue weighted by Crippen LogP contribution is -2.30. The number of hydrogen-bond acceptors (Lipinski definition) is 4. The quantitative estimate of drug-likeness (QED) is 0.527. The molecule has 1 aliphatic rings. The number of amides is 1. The predicted molar refractivity (Wildman–Crippen MR) is 80.3 cm³/mol. The predicted octanol–water partition coefficient (Wildman–Crippen LogP) is 2.24. The molecule has 110 valence electrons. The van der Waals surface area contributed by atoms with Crippen LogP contribution in [-0.4, -0.2) is 17.4 Å². The molecule has 1 aromatic heterocycles. The van der Waals surface area contributed by atoms with Crippen LogP contribution in [0.3, 0.4) is 0 Å². The molecule has 1 aliphatic carbocycles. The molecule has 0 radical (unpaired) electrons. The molecule has 0 spiro atoms. The lowest BCUT2D eigenvalue weighted by Gasteiger charge is -2.15. The monoisotopic (exact) mass is 276 g/mol. The highest BCUT2D eigenvalue weighted by Gasteiger charge is 2.41. The first-order valence-electron chi connectivity index (χ1n) is 7.38. The Morgan fingerprint density at radius 3 is 2.70 bits per heavy atom. The van der Waals surface area contributed by atoms with Gasteiger partial charge in [0, 0.05) is 17.8 Å². The number of hydrogen-bond donors (Lipinski definition) is 3. The highest BCUT2D eigenvalue weighted by molar-refractivity contribution is 5.95. The molecular weight excluding hydrogens is 252 g/mol. The molecule has 20 heavy (non-hydrogen) atoms. The van der Waals surface area contributed by atoms with Gasteiger partial charge in [-0.25, -0.2) is 10.8 Å². The van der Waals surface area contributed by atoms with Crippen molar-refractivity contribution in [1.82, 2.24) is 10.3 Å². The summed E-state index contributed by atoms with van der Waals surface area (Å²) < 4.78 is 0. The molecule has 0 aliphatic heterocycles. The number of carbonyl (C=O) groups excluding carboxylic acids is 1. The summed E-state index contributed by atoms with van der Waals surface area (Å²) in [5.74, 6) is 5.88. The second kappa shape index (κ2) is 6.22. The minimum atomic E-state index is -0.0408. The zero-order valence-corrected chi connectivity index (χ0v) is 12.3. The van der Waals surface area contributed by atoms with Crippen LogP contribution < -0.4 is 16.6 Å². The van der Waals surface area contributed by atoms with Crippen LogP contribution in [-0.2, 0) is 6.42 Å². The second-order valence-corrected chi connectivity index (χ2v) is 5.66. The standard InChI is InChI=1S/C15H24N4O/c1-3-5-15(6-7-15)10-17-14(20)11-8-12(4-2)18-13(9-11)19-16/h8-9H,3-7,10,16H2,1-2H3,(H,17,20)(H,18,19). The SMILES string of the molecule is CCCC1(CNC(=O)c2cc(CC)nc(NN)c2)CC1. The maximum atomic E-state index is 12.3. The maximum Gasteiger partial charge on any atom is 0.251 e. The van der Waals surface area contributed by atoms with Crippen LogP contribution >= 0.6 is 0 Å². The van der Waals surface area contributed by atoms with Crippen LogP contribution in [0.5, 0.6) is 0 Å². The van der Waals surface area contributed by atoms with E-state index in [2.05, 4.69) is 22.7 Å². The number of nitrogen functional groups attached to an aromatic ring is 1. The Morgan fingerprint density at radius 2 is 2.15 bits per heavy atom. The van der Waals surface area contributed by atoms with Gasteiger partial charge in [-0.3, -0.25) is 4.79 Å². The van der Waals surface area contributed by atoms with E-state index in [1.54, 1.807) is 6.07 Å². The normalized spacial score (nSPS) is 15.8. The third-order valence-corrected chi connectivity index (χ3v) is 4.01. The van der Waals surface area contributed by atoms with Gasteiger partial charge in [0.25, 0.3) is 5.91 Å². The first-order valence-corrected chi connectivity index (χ1v) is 7.38. The number of anilines is 1. The van der Waals surface area contributed by atoms with E-state index < -0.39 is 0 Å². The van der Waals surface area contributed by atoms with Crippen molar-refractivity contribution in [3.8, 4) is 0 Å². The molecule has 5 heteroatoms. The molecule has 0 atom stereocenters. The van der Waals surface area contributed by atoms with Crippen molar-refractivity contribution in [2.24, 2.45) is 11.3 Å². The van der Waals surface area contributed by atoms with E-state index in [9.17, 15) is 4.79 Å². The number of nitrogens with one attached hydrogen (secondary N) is 2. The Morgan fingerprint density at radius 1 is 1.40 bits per heavy atom. The van der Waals surface area contributed by atoms with Gasteiger partial charge in [0.1, 0.15) is 5.82 Å². The van der Waals surface area contributed by atoms with Gasteiger partial charge in [-0.15, -0.1) is 0 Å². The van der Waals surface area contributed by atoms with Crippen LogP contribution in [0.15, 0.2) is 12.1 Å². The second-order valence-electron chi connectivity index (χ2n) is 5.66. The van der Waals surface area contributed by atoms with E-state index in [0.29, 0.717) is 16.8 Å². The summed E-state index contributed by atoms with van der Waals surface area (Å²) in [7, 11) is 0. The third kappa shape index (κ3) is 3.48. The lowest BCUT2D eigenvalue weighted by atomic mass is 10.0. The van der Waals surface area contributed by atoms with Gasteiger partial charge in [-0.05, 0) is 43.2 Å². The molecule has 1 heterocycles. The highest BCUT2D eigenvalue weighted by atomic mass is 16.1. The molecule has 0 unspecified atom stereocenters. The van der Waals surface area contributed by atoms with E-state index >= 15 is 0 Å². The number of hydrazine groups is 1. The summed E-state index contributed by atoms with van der Waals surface area (Å²) in [4.78, 5) is 16.5. The molecular formula is C15H24N4O. The molecule has 2 rings (SSSR count). The Labute approximate surface area is 120 Å². The fourth-order valence-corrected chi connectivity index (χ4v) is 2.57. The highest BCUT2D eigenvalue weighted by Crippen LogP contribution is 2.48. The Balaban J connectivity index is 2.01. The van der Waals surface area contributed by atoms with Crippen LogP contribution in [0.25, 0.3) is 0 Å². The summed E-state index contributed by atoms with van der Waals surface area (Å²) in [5, 5.41) is 3.05. The molecule has 0 saturated heterocycles. The van der Waals surface area contributed by atoms with Crippen molar-refractivity contribution in [1.29, 1.82) is 0 Å². The molecule has 0 aromatic carbocycles. The number of carbonyl (C=O) groups is 1. The van der Waals surface area contributed by atoms with Crippen molar-refractivity contribution in [2.45, 2.75) is 46.0 Å². The number of aryl methyl sites for hydroxylation is 1. The van der Waals surface area contributed by atoms with E-state index in [-0.39, 0.29) is 5.91 Å². The van der Waals surface area contributed by atoms with Gasteiger partial charge in [0.15, 0.2) is 0 Å². The molecule has 1 fully saturated rings. The fraction of sp³-hybridized carbons (Fsp3) is 0.600. The van der Waals surface area contributed by atoms with E-state index in [4.69, 9.17) is 5.84 Å². The summed E-state index contributed by atoms with van der Waals surface area (Å²) in [6.07, 6.45) is 5.60.